The van der Waals surface area contributed by atoms with Crippen molar-refractivity contribution >= 4 is 22.6 Å². The number of nitrogen functional groups attached to an aromatic ring is 1. The van der Waals surface area contributed by atoms with E-state index in [1.807, 2.05) is 4.68 Å². The molecule has 1 aliphatic rings. The zero-order chi connectivity index (χ0) is 24.4. The van der Waals surface area contributed by atoms with E-state index in [-0.39, 0.29) is 17.9 Å². The van der Waals surface area contributed by atoms with Gasteiger partial charge in [-0.1, -0.05) is 26.3 Å². The summed E-state index contributed by atoms with van der Waals surface area (Å²) < 4.78 is 12.5. The molecule has 0 spiro atoms. The molecular formula is C25H28N6O3. The van der Waals surface area contributed by atoms with Gasteiger partial charge in [-0.25, -0.2) is 4.98 Å². The number of nitrogens with zero attached hydrogens (tertiary/aromatic N) is 5. The zero-order valence-electron chi connectivity index (χ0n) is 19.8. The molecule has 0 aromatic carbocycles. The average Bonchev–Trinajstić information content (AvgIpc) is 3.47. The van der Waals surface area contributed by atoms with Gasteiger partial charge in [0.2, 0.25) is 17.7 Å². The van der Waals surface area contributed by atoms with E-state index < -0.39 is 0 Å². The molecule has 176 valence electrons. The van der Waals surface area contributed by atoms with Crippen LogP contribution in [-0.4, -0.2) is 57.9 Å². The molecule has 34 heavy (non-hydrogen) atoms. The first-order chi connectivity index (χ1) is 16.4. The predicted octanol–water partition coefficient (Wildman–Crippen LogP) is 2.91. The van der Waals surface area contributed by atoms with Crippen molar-refractivity contribution in [1.29, 1.82) is 0 Å². The predicted molar refractivity (Wildman–Crippen MR) is 130 cm³/mol. The Morgan fingerprint density at radius 3 is 2.59 bits per heavy atom. The van der Waals surface area contributed by atoms with Crippen LogP contribution in [0.15, 0.2) is 31.0 Å². The van der Waals surface area contributed by atoms with Gasteiger partial charge >= 0.3 is 0 Å². The largest absolute Gasteiger partial charge is 0.481 e. The molecule has 0 radical (unpaired) electrons. The number of nitrogens with two attached hydrogens (primary N) is 1. The lowest BCUT2D eigenvalue weighted by Gasteiger charge is -2.17. The first kappa shape index (κ1) is 23.1. The molecule has 4 heterocycles. The minimum absolute atomic E-state index is 0.00219. The van der Waals surface area contributed by atoms with Crippen molar-refractivity contribution in [1.82, 2.24) is 24.6 Å². The highest BCUT2D eigenvalue weighted by atomic mass is 16.5. The lowest BCUT2D eigenvalue weighted by molar-refractivity contribution is -0.125. The topological polar surface area (TPSA) is 108 Å². The van der Waals surface area contributed by atoms with Crippen molar-refractivity contribution in [3.63, 3.8) is 0 Å². The van der Waals surface area contributed by atoms with Gasteiger partial charge in [-0.15, -0.1) is 0 Å². The van der Waals surface area contributed by atoms with Gasteiger partial charge in [0.05, 0.1) is 31.2 Å². The minimum atomic E-state index is -0.0789. The number of fused-ring (bicyclic) bond motifs is 1. The molecule has 1 amide bonds. The Labute approximate surface area is 198 Å². The first-order valence-corrected chi connectivity index (χ1v) is 11.1. The van der Waals surface area contributed by atoms with E-state index in [1.54, 1.807) is 23.2 Å². The second-order valence-electron chi connectivity index (χ2n) is 8.39. The molecule has 1 atom stereocenters. The molecule has 9 nitrogen and oxygen atoms in total. The van der Waals surface area contributed by atoms with Crippen LogP contribution in [-0.2, 0) is 4.79 Å². The standard InChI is InChI=1S/C25H28N6O3/c1-6-22(32)30-10-9-17(14-30)31-24-18(15(2)3)13-27-25(26)23(24)19(29-31)8-7-16-11-20(33-4)28-21(12-16)34-5/h6,11-13,15,17H,1,9-10,14H2,2-5H3,(H2,26,27). The van der Waals surface area contributed by atoms with Gasteiger partial charge < -0.3 is 20.1 Å². The fraction of sp³-hybridized carbons (Fsp3) is 0.360. The lowest BCUT2D eigenvalue weighted by atomic mass is 10.0. The van der Waals surface area contributed by atoms with Crippen LogP contribution in [0.3, 0.4) is 0 Å². The van der Waals surface area contributed by atoms with Crippen LogP contribution < -0.4 is 15.2 Å². The Morgan fingerprint density at radius 2 is 1.97 bits per heavy atom. The summed E-state index contributed by atoms with van der Waals surface area (Å²) in [5.41, 5.74) is 9.48. The Kier molecular flexibility index (Phi) is 6.41. The molecule has 4 rings (SSSR count). The number of aromatic nitrogens is 4. The summed E-state index contributed by atoms with van der Waals surface area (Å²) in [5, 5.41) is 5.60. The first-order valence-electron chi connectivity index (χ1n) is 11.1. The number of amides is 1. The number of likely N-dealkylation sites (tertiary alicyclic amines) is 1. The van der Waals surface area contributed by atoms with Gasteiger partial charge in [0.1, 0.15) is 11.5 Å². The molecular weight excluding hydrogens is 432 g/mol. The van der Waals surface area contributed by atoms with Crippen LogP contribution in [0.2, 0.25) is 0 Å². The van der Waals surface area contributed by atoms with Crippen molar-refractivity contribution in [3.05, 3.63) is 47.8 Å². The Bertz CT molecular complexity index is 1300. The van der Waals surface area contributed by atoms with E-state index in [9.17, 15) is 4.79 Å². The van der Waals surface area contributed by atoms with Crippen molar-refractivity contribution in [3.8, 4) is 23.6 Å². The Balaban J connectivity index is 1.85. The summed E-state index contributed by atoms with van der Waals surface area (Å²) in [7, 11) is 3.08. The second-order valence-corrected chi connectivity index (χ2v) is 8.39. The van der Waals surface area contributed by atoms with Gasteiger partial charge in [-0.05, 0) is 29.9 Å². The highest BCUT2D eigenvalue weighted by Gasteiger charge is 2.30. The molecule has 1 aliphatic heterocycles. The van der Waals surface area contributed by atoms with Gasteiger partial charge in [0.25, 0.3) is 0 Å². The quantitative estimate of drug-likeness (QED) is 0.461. The highest BCUT2D eigenvalue weighted by molar-refractivity contribution is 5.95. The molecule has 9 heteroatoms. The van der Waals surface area contributed by atoms with E-state index >= 15 is 0 Å². The van der Waals surface area contributed by atoms with Gasteiger partial charge in [-0.3, -0.25) is 9.48 Å². The second kappa shape index (κ2) is 9.43. The van der Waals surface area contributed by atoms with E-state index in [0.717, 1.165) is 22.9 Å². The van der Waals surface area contributed by atoms with E-state index in [2.05, 4.69) is 42.2 Å². The monoisotopic (exact) mass is 460 g/mol. The summed E-state index contributed by atoms with van der Waals surface area (Å²) in [6.07, 6.45) is 3.93. The molecule has 0 aliphatic carbocycles. The lowest BCUT2D eigenvalue weighted by Crippen LogP contribution is -2.27. The maximum absolute atomic E-state index is 12.2. The van der Waals surface area contributed by atoms with Gasteiger partial charge in [0, 0.05) is 37.0 Å². The van der Waals surface area contributed by atoms with Crippen molar-refractivity contribution < 1.29 is 14.3 Å². The fourth-order valence-corrected chi connectivity index (χ4v) is 4.16. The number of rotatable bonds is 5. The number of anilines is 1. The van der Waals surface area contributed by atoms with Crippen LogP contribution in [0.25, 0.3) is 10.9 Å². The third-order valence-electron chi connectivity index (χ3n) is 5.92. The molecule has 1 unspecified atom stereocenters. The number of pyridine rings is 2. The number of carbonyl (C=O) groups excluding carboxylic acids is 1. The van der Waals surface area contributed by atoms with Crippen LogP contribution in [0.1, 0.15) is 49.0 Å². The maximum atomic E-state index is 12.2. The highest BCUT2D eigenvalue weighted by Crippen LogP contribution is 2.34. The zero-order valence-corrected chi connectivity index (χ0v) is 19.8. The van der Waals surface area contributed by atoms with Crippen LogP contribution in [0.4, 0.5) is 5.82 Å². The molecule has 2 N–H and O–H groups in total. The van der Waals surface area contributed by atoms with Crippen LogP contribution >= 0.6 is 0 Å². The number of methoxy groups -OCH3 is 2. The number of carbonyl (C=O) groups is 1. The summed E-state index contributed by atoms with van der Waals surface area (Å²) in [6, 6.07) is 3.46. The average molecular weight is 461 g/mol. The van der Waals surface area contributed by atoms with Gasteiger partial charge in [0.15, 0.2) is 0 Å². The molecule has 0 bridgehead atoms. The van der Waals surface area contributed by atoms with Crippen LogP contribution in [0, 0.1) is 11.8 Å². The smallest absolute Gasteiger partial charge is 0.246 e. The molecule has 1 saturated heterocycles. The van der Waals surface area contributed by atoms with Crippen LogP contribution in [0.5, 0.6) is 11.8 Å². The van der Waals surface area contributed by atoms with Crippen molar-refractivity contribution in [2.24, 2.45) is 0 Å². The number of hydrogen-bond acceptors (Lipinski definition) is 7. The van der Waals surface area contributed by atoms with Crippen molar-refractivity contribution in [2.45, 2.75) is 32.2 Å². The van der Waals surface area contributed by atoms with Crippen molar-refractivity contribution in [2.75, 3.05) is 33.0 Å². The third kappa shape index (κ3) is 4.27. The van der Waals surface area contributed by atoms with E-state index in [0.29, 0.717) is 41.9 Å². The fourth-order valence-electron chi connectivity index (χ4n) is 4.16. The van der Waals surface area contributed by atoms with E-state index in [1.165, 1.54) is 20.3 Å². The summed E-state index contributed by atoms with van der Waals surface area (Å²) in [6.45, 7) is 9.01. The van der Waals surface area contributed by atoms with Gasteiger partial charge in [-0.2, -0.15) is 10.1 Å². The normalized spacial score (nSPS) is 15.3. The molecule has 0 saturated carbocycles. The number of hydrogen-bond donors (Lipinski definition) is 1. The Hall–Kier alpha value is -4.06. The minimum Gasteiger partial charge on any atom is -0.481 e. The maximum Gasteiger partial charge on any atom is 0.246 e. The summed E-state index contributed by atoms with van der Waals surface area (Å²) in [4.78, 5) is 22.6. The summed E-state index contributed by atoms with van der Waals surface area (Å²) >= 11 is 0. The summed E-state index contributed by atoms with van der Waals surface area (Å²) in [5.74, 6) is 7.60. The molecule has 1 fully saturated rings. The molecule has 3 aromatic rings. The third-order valence-corrected chi connectivity index (χ3v) is 5.92. The van der Waals surface area contributed by atoms with E-state index in [4.69, 9.17) is 20.3 Å². The molecule has 3 aromatic heterocycles. The SMILES string of the molecule is C=CC(=O)N1CCC(n2nc(C#Cc3cc(OC)nc(OC)c3)c3c(N)ncc(C(C)C)c32)C1. The number of ether oxygens (including phenoxy) is 2. The Morgan fingerprint density at radius 1 is 1.26 bits per heavy atom.